The van der Waals surface area contributed by atoms with Crippen molar-refractivity contribution in [1.29, 1.82) is 0 Å². The van der Waals surface area contributed by atoms with Crippen molar-refractivity contribution in [3.8, 4) is 0 Å². The summed E-state index contributed by atoms with van der Waals surface area (Å²) < 4.78 is 19.6. The molecule has 0 aliphatic rings. The normalized spacial score (nSPS) is 12.7. The summed E-state index contributed by atoms with van der Waals surface area (Å²) in [4.78, 5) is 0. The SMILES string of the molecule is Cc1cc(BOC(C)(C)C(C)(C)P)c(F)cc1Cl. The van der Waals surface area contributed by atoms with Crippen molar-refractivity contribution in [2.24, 2.45) is 0 Å². The number of hydrogen-bond acceptors (Lipinski definition) is 1. The van der Waals surface area contributed by atoms with Crippen LogP contribution in [0.1, 0.15) is 33.3 Å². The molecule has 18 heavy (non-hydrogen) atoms. The Kier molecular flexibility index (Phi) is 4.86. The van der Waals surface area contributed by atoms with Gasteiger partial charge in [0.25, 0.3) is 0 Å². The van der Waals surface area contributed by atoms with Crippen molar-refractivity contribution in [3.05, 3.63) is 28.5 Å². The molecular formula is C13H20BClFOP. The predicted octanol–water partition coefficient (Wildman–Crippen LogP) is 3.21. The van der Waals surface area contributed by atoms with Crippen molar-refractivity contribution in [1.82, 2.24) is 0 Å². The summed E-state index contributed by atoms with van der Waals surface area (Å²) in [5.74, 6) is -0.317. The van der Waals surface area contributed by atoms with E-state index >= 15 is 0 Å². The maximum atomic E-state index is 13.7. The summed E-state index contributed by atoms with van der Waals surface area (Å²) in [6, 6.07) is 3.08. The molecule has 5 heteroatoms. The molecule has 0 radical (unpaired) electrons. The first kappa shape index (κ1) is 16.0. The molecule has 1 unspecified atom stereocenters. The average molecular weight is 289 g/mol. The van der Waals surface area contributed by atoms with Crippen molar-refractivity contribution in [3.63, 3.8) is 0 Å². The van der Waals surface area contributed by atoms with E-state index in [0.29, 0.717) is 10.5 Å². The van der Waals surface area contributed by atoms with E-state index in [4.69, 9.17) is 16.3 Å². The highest BCUT2D eigenvalue weighted by Crippen LogP contribution is 2.33. The molecule has 0 spiro atoms. The summed E-state index contributed by atoms with van der Waals surface area (Å²) in [7, 11) is 3.01. The Morgan fingerprint density at radius 3 is 2.33 bits per heavy atom. The monoisotopic (exact) mass is 288 g/mol. The molecule has 0 amide bonds. The first-order valence-corrected chi connectivity index (χ1v) is 6.87. The number of halogens is 2. The Morgan fingerprint density at radius 1 is 1.28 bits per heavy atom. The van der Waals surface area contributed by atoms with Gasteiger partial charge in [-0.1, -0.05) is 31.5 Å². The minimum Gasteiger partial charge on any atom is -0.429 e. The van der Waals surface area contributed by atoms with E-state index in [0.717, 1.165) is 5.56 Å². The van der Waals surface area contributed by atoms with Crippen molar-refractivity contribution >= 4 is 33.8 Å². The summed E-state index contributed by atoms with van der Waals surface area (Å²) in [5, 5.41) is 0.354. The van der Waals surface area contributed by atoms with Crippen LogP contribution in [0.15, 0.2) is 12.1 Å². The molecule has 1 atom stereocenters. The predicted molar refractivity (Wildman–Crippen MR) is 81.9 cm³/mol. The van der Waals surface area contributed by atoms with Gasteiger partial charge in [-0.3, -0.25) is 0 Å². The number of aryl methyl sites for hydroxylation is 1. The molecule has 1 aromatic carbocycles. The third-order valence-electron chi connectivity index (χ3n) is 3.47. The fraction of sp³-hybridized carbons (Fsp3) is 0.538. The molecule has 1 rings (SSSR count). The first-order chi connectivity index (χ1) is 8.04. The van der Waals surface area contributed by atoms with Crippen LogP contribution in [0.3, 0.4) is 0 Å². The van der Waals surface area contributed by atoms with Gasteiger partial charge < -0.3 is 4.65 Å². The summed E-state index contributed by atoms with van der Waals surface area (Å²) in [6.07, 6.45) is 0. The Bertz CT molecular complexity index is 443. The van der Waals surface area contributed by atoms with Gasteiger partial charge in [-0.15, -0.1) is 9.24 Å². The Balaban J connectivity index is 2.85. The highest BCUT2D eigenvalue weighted by molar-refractivity contribution is 7.19. The highest BCUT2D eigenvalue weighted by Gasteiger charge is 2.33. The summed E-state index contributed by atoms with van der Waals surface area (Å²) in [5.41, 5.74) is 1.04. The van der Waals surface area contributed by atoms with Gasteiger partial charge in [-0.05, 0) is 37.9 Å². The van der Waals surface area contributed by atoms with Crippen molar-refractivity contribution < 1.29 is 9.04 Å². The van der Waals surface area contributed by atoms with Crippen LogP contribution < -0.4 is 5.46 Å². The maximum Gasteiger partial charge on any atom is 0.312 e. The number of benzene rings is 1. The van der Waals surface area contributed by atoms with E-state index in [2.05, 4.69) is 23.1 Å². The zero-order valence-corrected chi connectivity index (χ0v) is 13.5. The third kappa shape index (κ3) is 3.69. The van der Waals surface area contributed by atoms with Gasteiger partial charge in [0.15, 0.2) is 0 Å². The van der Waals surface area contributed by atoms with Crippen molar-refractivity contribution in [2.45, 2.75) is 45.4 Å². The molecule has 0 heterocycles. The second-order valence-electron chi connectivity index (χ2n) is 5.71. The van der Waals surface area contributed by atoms with Gasteiger partial charge >= 0.3 is 7.48 Å². The molecule has 1 aromatic rings. The molecule has 0 aliphatic carbocycles. The Labute approximate surface area is 117 Å². The Hall–Kier alpha value is -0.105. The van der Waals surface area contributed by atoms with Crippen LogP contribution in [0.2, 0.25) is 5.02 Å². The van der Waals surface area contributed by atoms with Gasteiger partial charge in [-0.25, -0.2) is 4.39 Å². The lowest BCUT2D eigenvalue weighted by atomic mass is 9.83. The quantitative estimate of drug-likeness (QED) is 0.610. The largest absolute Gasteiger partial charge is 0.429 e. The van der Waals surface area contributed by atoms with Crippen LogP contribution in [0, 0.1) is 12.7 Å². The molecule has 0 N–H and O–H groups in total. The lowest BCUT2D eigenvalue weighted by Crippen LogP contribution is -2.45. The van der Waals surface area contributed by atoms with Crippen LogP contribution >= 0.6 is 20.8 Å². The molecule has 1 nitrogen and oxygen atoms in total. The molecule has 0 bridgehead atoms. The molecular weight excluding hydrogens is 268 g/mol. The van der Waals surface area contributed by atoms with E-state index in [1.807, 2.05) is 20.8 Å². The van der Waals surface area contributed by atoms with Gasteiger partial charge in [-0.2, -0.15) is 0 Å². The molecule has 100 valence electrons. The van der Waals surface area contributed by atoms with Crippen LogP contribution in [0.25, 0.3) is 0 Å². The van der Waals surface area contributed by atoms with E-state index in [1.165, 1.54) is 6.07 Å². The first-order valence-electron chi connectivity index (χ1n) is 5.92. The fourth-order valence-corrected chi connectivity index (χ4v) is 1.51. The summed E-state index contributed by atoms with van der Waals surface area (Å²) >= 11 is 5.86. The minimum absolute atomic E-state index is 0.0923. The fourth-order valence-electron chi connectivity index (χ4n) is 1.27. The van der Waals surface area contributed by atoms with E-state index in [9.17, 15) is 4.39 Å². The highest BCUT2D eigenvalue weighted by atomic mass is 35.5. The zero-order chi connectivity index (χ0) is 14.1. The summed E-state index contributed by atoms with van der Waals surface area (Å²) in [6.45, 7) is 10.00. The van der Waals surface area contributed by atoms with E-state index < -0.39 is 0 Å². The van der Waals surface area contributed by atoms with Crippen LogP contribution in [0.4, 0.5) is 4.39 Å². The van der Waals surface area contributed by atoms with Crippen molar-refractivity contribution in [2.75, 3.05) is 0 Å². The molecule has 0 aromatic heterocycles. The molecule has 0 fully saturated rings. The van der Waals surface area contributed by atoms with Gasteiger partial charge in [0.1, 0.15) is 5.82 Å². The molecule has 0 aliphatic heterocycles. The van der Waals surface area contributed by atoms with Crippen LogP contribution in [-0.2, 0) is 4.65 Å². The lowest BCUT2D eigenvalue weighted by molar-refractivity contribution is 0.0839. The molecule has 0 saturated heterocycles. The van der Waals surface area contributed by atoms with Crippen LogP contribution in [0.5, 0.6) is 0 Å². The van der Waals surface area contributed by atoms with E-state index in [-0.39, 0.29) is 24.1 Å². The van der Waals surface area contributed by atoms with Gasteiger partial charge in [0, 0.05) is 10.2 Å². The minimum atomic E-state index is -0.363. The number of rotatable bonds is 4. The van der Waals surface area contributed by atoms with Crippen LogP contribution in [-0.4, -0.2) is 18.2 Å². The second kappa shape index (κ2) is 5.49. The third-order valence-corrected chi connectivity index (χ3v) is 4.57. The van der Waals surface area contributed by atoms with E-state index in [1.54, 1.807) is 6.07 Å². The Morgan fingerprint density at radius 2 is 1.83 bits per heavy atom. The molecule has 0 saturated carbocycles. The second-order valence-corrected chi connectivity index (χ2v) is 7.56. The maximum absolute atomic E-state index is 13.7. The number of hydrogen-bond donors (Lipinski definition) is 0. The topological polar surface area (TPSA) is 9.23 Å². The van der Waals surface area contributed by atoms with Gasteiger partial charge in [0.05, 0.1) is 5.60 Å². The lowest BCUT2D eigenvalue weighted by Gasteiger charge is -2.39. The van der Waals surface area contributed by atoms with Gasteiger partial charge in [0.2, 0.25) is 0 Å². The smallest absolute Gasteiger partial charge is 0.312 e. The average Bonchev–Trinajstić information content (AvgIpc) is 2.20. The zero-order valence-electron chi connectivity index (χ0n) is 11.6. The standard InChI is InChI=1S/C13H20BClFOP/c1-8-6-9(11(16)7-10(8)15)14-17-12(2,3)13(4,5)18/h6-7,14H,18H2,1-5H3.